The van der Waals surface area contributed by atoms with Crippen molar-refractivity contribution >= 4 is 22.8 Å². The van der Waals surface area contributed by atoms with Crippen LogP contribution in [0.2, 0.25) is 0 Å². The van der Waals surface area contributed by atoms with Gasteiger partial charge in [-0.25, -0.2) is 14.8 Å². The fourth-order valence-electron chi connectivity index (χ4n) is 3.93. The Balaban J connectivity index is 1.81. The summed E-state index contributed by atoms with van der Waals surface area (Å²) in [5, 5.41) is 5.37. The molecule has 4 rings (SSSR count). The Morgan fingerprint density at radius 3 is 2.58 bits per heavy atom. The van der Waals surface area contributed by atoms with E-state index in [1.165, 1.54) is 16.6 Å². The lowest BCUT2D eigenvalue weighted by Crippen LogP contribution is -2.10. The molecule has 1 aromatic carbocycles. The molecule has 31 heavy (non-hydrogen) atoms. The first-order chi connectivity index (χ1) is 14.9. The summed E-state index contributed by atoms with van der Waals surface area (Å²) in [4.78, 5) is 21.4. The standard InChI is InChI=1S/C23H26N6O2/c1-5-31-23(30)19-15(3)27-29(20(19)24)22-18-14(2)16(4)28(21(18)25-13-26-22)12-11-17-9-7-6-8-10-17/h6-10,13H,5,11-12,24H2,1-4H3. The number of fused-ring (bicyclic) bond motifs is 1. The van der Waals surface area contributed by atoms with E-state index in [9.17, 15) is 4.79 Å². The normalized spacial score (nSPS) is 11.2. The molecule has 0 fully saturated rings. The average Bonchev–Trinajstić information content (AvgIpc) is 3.20. The number of carbonyl (C=O) groups excluding carboxylic acids is 1. The maximum Gasteiger partial charge on any atom is 0.343 e. The molecule has 2 N–H and O–H groups in total. The van der Waals surface area contributed by atoms with Crippen molar-refractivity contribution in [1.82, 2.24) is 24.3 Å². The molecule has 0 aliphatic carbocycles. The Morgan fingerprint density at radius 2 is 1.87 bits per heavy atom. The van der Waals surface area contributed by atoms with E-state index in [1.807, 2.05) is 25.1 Å². The Hall–Kier alpha value is -3.68. The number of hydrogen-bond acceptors (Lipinski definition) is 6. The van der Waals surface area contributed by atoms with Crippen LogP contribution in [0.25, 0.3) is 16.9 Å². The van der Waals surface area contributed by atoms with Crippen molar-refractivity contribution in [2.75, 3.05) is 12.3 Å². The van der Waals surface area contributed by atoms with Crippen LogP contribution in [0.4, 0.5) is 5.82 Å². The Kier molecular flexibility index (Phi) is 5.46. The van der Waals surface area contributed by atoms with Crippen LogP contribution < -0.4 is 5.73 Å². The monoisotopic (exact) mass is 418 g/mol. The van der Waals surface area contributed by atoms with E-state index in [-0.39, 0.29) is 18.0 Å². The van der Waals surface area contributed by atoms with Crippen LogP contribution >= 0.6 is 0 Å². The summed E-state index contributed by atoms with van der Waals surface area (Å²) < 4.78 is 8.85. The second-order valence-corrected chi connectivity index (χ2v) is 7.47. The zero-order valence-electron chi connectivity index (χ0n) is 18.2. The summed E-state index contributed by atoms with van der Waals surface area (Å²) >= 11 is 0. The molecule has 4 aromatic rings. The number of aryl methyl sites for hydroxylation is 4. The fraction of sp³-hybridized carbons (Fsp3) is 0.304. The van der Waals surface area contributed by atoms with Gasteiger partial charge < -0.3 is 15.0 Å². The van der Waals surface area contributed by atoms with Crippen molar-refractivity contribution < 1.29 is 9.53 Å². The van der Waals surface area contributed by atoms with Crippen LogP contribution in [0.5, 0.6) is 0 Å². The van der Waals surface area contributed by atoms with Crippen molar-refractivity contribution in [3.05, 3.63) is 64.7 Å². The van der Waals surface area contributed by atoms with Gasteiger partial charge in [0.05, 0.1) is 17.7 Å². The molecule has 3 heterocycles. The Labute approximate surface area is 180 Å². The van der Waals surface area contributed by atoms with Crippen molar-refractivity contribution in [3.63, 3.8) is 0 Å². The first-order valence-electron chi connectivity index (χ1n) is 10.3. The molecular weight excluding hydrogens is 392 g/mol. The number of ether oxygens (including phenoxy) is 1. The van der Waals surface area contributed by atoms with Crippen LogP contribution in [0.3, 0.4) is 0 Å². The third-order valence-corrected chi connectivity index (χ3v) is 5.63. The number of esters is 1. The van der Waals surface area contributed by atoms with Crippen LogP contribution in [0.1, 0.15) is 39.8 Å². The summed E-state index contributed by atoms with van der Waals surface area (Å²) in [5.41, 5.74) is 11.3. The van der Waals surface area contributed by atoms with E-state index in [1.54, 1.807) is 13.8 Å². The Bertz CT molecular complexity index is 1260. The molecule has 0 amide bonds. The van der Waals surface area contributed by atoms with Crippen molar-refractivity contribution in [2.24, 2.45) is 0 Å². The van der Waals surface area contributed by atoms with Gasteiger partial charge in [0, 0.05) is 12.2 Å². The highest BCUT2D eigenvalue weighted by molar-refractivity contribution is 5.96. The van der Waals surface area contributed by atoms with Crippen LogP contribution in [-0.4, -0.2) is 36.9 Å². The SMILES string of the molecule is CCOC(=O)c1c(C)nn(-c2ncnc3c2c(C)c(C)n3CCc2ccccc2)c1N. The second kappa shape index (κ2) is 8.22. The van der Waals surface area contributed by atoms with Crippen LogP contribution in [0.15, 0.2) is 36.7 Å². The minimum Gasteiger partial charge on any atom is -0.462 e. The molecule has 0 radical (unpaired) electrons. The molecule has 0 bridgehead atoms. The van der Waals surface area contributed by atoms with E-state index in [0.717, 1.165) is 35.3 Å². The molecule has 8 nitrogen and oxygen atoms in total. The molecular formula is C23H26N6O2. The first kappa shape index (κ1) is 20.6. The maximum absolute atomic E-state index is 12.3. The van der Waals surface area contributed by atoms with Crippen LogP contribution in [-0.2, 0) is 17.7 Å². The predicted octanol–water partition coefficient (Wildman–Crippen LogP) is 3.54. The molecule has 3 aromatic heterocycles. The van der Waals surface area contributed by atoms with Gasteiger partial charge >= 0.3 is 5.97 Å². The van der Waals surface area contributed by atoms with E-state index >= 15 is 0 Å². The molecule has 0 unspecified atom stereocenters. The summed E-state index contributed by atoms with van der Waals surface area (Å²) in [6.45, 7) is 8.67. The Morgan fingerprint density at radius 1 is 1.13 bits per heavy atom. The number of nitrogens with zero attached hydrogens (tertiary/aromatic N) is 5. The summed E-state index contributed by atoms with van der Waals surface area (Å²) in [6, 6.07) is 10.4. The van der Waals surface area contributed by atoms with Crippen molar-refractivity contribution in [1.29, 1.82) is 0 Å². The molecule has 0 saturated carbocycles. The number of nitrogen functional groups attached to an aromatic ring is 1. The topological polar surface area (TPSA) is 101 Å². The number of hydrogen-bond donors (Lipinski definition) is 1. The lowest BCUT2D eigenvalue weighted by molar-refractivity contribution is 0.0527. The van der Waals surface area contributed by atoms with Gasteiger partial charge in [0.1, 0.15) is 23.4 Å². The number of nitrogens with two attached hydrogens (primary N) is 1. The predicted molar refractivity (Wildman–Crippen MR) is 119 cm³/mol. The number of benzene rings is 1. The second-order valence-electron chi connectivity index (χ2n) is 7.47. The van der Waals surface area contributed by atoms with E-state index in [2.05, 4.69) is 38.7 Å². The average molecular weight is 419 g/mol. The molecule has 0 spiro atoms. The van der Waals surface area contributed by atoms with Gasteiger partial charge in [-0.1, -0.05) is 30.3 Å². The van der Waals surface area contributed by atoms with Crippen molar-refractivity contribution in [3.8, 4) is 5.82 Å². The van der Waals surface area contributed by atoms with Gasteiger partial charge in [0.2, 0.25) is 0 Å². The summed E-state index contributed by atoms with van der Waals surface area (Å²) in [6.07, 6.45) is 2.40. The summed E-state index contributed by atoms with van der Waals surface area (Å²) in [5.74, 6) is 0.285. The van der Waals surface area contributed by atoms with Gasteiger partial charge in [0.25, 0.3) is 0 Å². The zero-order valence-corrected chi connectivity index (χ0v) is 18.2. The number of anilines is 1. The van der Waals surface area contributed by atoms with Gasteiger partial charge in [-0.05, 0) is 45.2 Å². The number of aromatic nitrogens is 5. The third kappa shape index (κ3) is 3.54. The van der Waals surface area contributed by atoms with Gasteiger partial charge in [-0.2, -0.15) is 9.78 Å². The smallest absolute Gasteiger partial charge is 0.343 e. The zero-order chi connectivity index (χ0) is 22.1. The van der Waals surface area contributed by atoms with E-state index in [0.29, 0.717) is 11.5 Å². The summed E-state index contributed by atoms with van der Waals surface area (Å²) in [7, 11) is 0. The molecule has 0 aliphatic rings. The number of rotatable bonds is 6. The number of carbonyl (C=O) groups is 1. The molecule has 0 aliphatic heterocycles. The van der Waals surface area contributed by atoms with E-state index in [4.69, 9.17) is 10.5 Å². The highest BCUT2D eigenvalue weighted by Crippen LogP contribution is 2.30. The quantitative estimate of drug-likeness (QED) is 0.481. The molecule has 160 valence electrons. The molecule has 8 heteroatoms. The molecule has 0 atom stereocenters. The fourth-order valence-corrected chi connectivity index (χ4v) is 3.93. The lowest BCUT2D eigenvalue weighted by Gasteiger charge is -2.09. The molecule has 0 saturated heterocycles. The minimum atomic E-state index is -0.484. The highest BCUT2D eigenvalue weighted by Gasteiger charge is 2.25. The van der Waals surface area contributed by atoms with Crippen LogP contribution in [0, 0.1) is 20.8 Å². The first-order valence-corrected chi connectivity index (χ1v) is 10.3. The van der Waals surface area contributed by atoms with Gasteiger partial charge in [-0.3, -0.25) is 0 Å². The minimum absolute atomic E-state index is 0.213. The third-order valence-electron chi connectivity index (χ3n) is 5.63. The lowest BCUT2D eigenvalue weighted by atomic mass is 10.1. The largest absolute Gasteiger partial charge is 0.462 e. The maximum atomic E-state index is 12.3. The van der Waals surface area contributed by atoms with Gasteiger partial charge in [-0.15, -0.1) is 0 Å². The highest BCUT2D eigenvalue weighted by atomic mass is 16.5. The van der Waals surface area contributed by atoms with Gasteiger partial charge in [0.15, 0.2) is 5.82 Å². The van der Waals surface area contributed by atoms with Crippen molar-refractivity contribution in [2.45, 2.75) is 40.7 Å². The van der Waals surface area contributed by atoms with E-state index < -0.39 is 5.97 Å².